The quantitative estimate of drug-likeness (QED) is 0.791. The van der Waals surface area contributed by atoms with E-state index in [1.165, 1.54) is 25.0 Å². The number of amides is 1. The number of carbonyl (C=O) groups is 1. The minimum Gasteiger partial charge on any atom is -0.508 e. The van der Waals surface area contributed by atoms with Crippen LogP contribution in [-0.4, -0.2) is 18.1 Å². The van der Waals surface area contributed by atoms with Crippen LogP contribution in [0.2, 0.25) is 0 Å². The predicted octanol–water partition coefficient (Wildman–Crippen LogP) is 4.76. The Kier molecular flexibility index (Phi) is 4.22. The number of rotatable bonds is 2. The Labute approximate surface area is 153 Å². The van der Waals surface area contributed by atoms with Gasteiger partial charge in [-0.1, -0.05) is 43.9 Å². The van der Waals surface area contributed by atoms with Crippen molar-refractivity contribution in [2.45, 2.75) is 43.9 Å². The summed E-state index contributed by atoms with van der Waals surface area (Å²) in [6.45, 7) is 0. The van der Waals surface area contributed by atoms with Crippen LogP contribution in [0.25, 0.3) is 0 Å². The first-order chi connectivity index (χ1) is 12.5. The van der Waals surface area contributed by atoms with Gasteiger partial charge in [0.15, 0.2) is 0 Å². The zero-order valence-electron chi connectivity index (χ0n) is 15.0. The standard InChI is InChI=1S/C22H24FNO2/c1-24-20-14-17(23)10-13-19(20)22(21(24)26,15-6-4-2-3-5-7-15)16-8-11-18(25)12-9-16/h8-15,25H,2-7H2,1H3. The number of phenols is 1. The fourth-order valence-electron chi connectivity index (χ4n) is 4.95. The molecule has 0 aromatic heterocycles. The van der Waals surface area contributed by atoms with Crippen molar-refractivity contribution in [1.29, 1.82) is 0 Å². The van der Waals surface area contributed by atoms with Crippen molar-refractivity contribution < 1.29 is 14.3 Å². The van der Waals surface area contributed by atoms with Gasteiger partial charge in [-0.25, -0.2) is 4.39 Å². The first kappa shape index (κ1) is 17.1. The third kappa shape index (κ3) is 2.43. The molecule has 3 nitrogen and oxygen atoms in total. The van der Waals surface area contributed by atoms with E-state index >= 15 is 0 Å². The molecule has 1 heterocycles. The molecule has 1 aliphatic carbocycles. The summed E-state index contributed by atoms with van der Waals surface area (Å²) in [6.07, 6.45) is 6.58. The van der Waals surface area contributed by atoms with Crippen LogP contribution >= 0.6 is 0 Å². The highest BCUT2D eigenvalue weighted by molar-refractivity contribution is 6.10. The number of hydrogen-bond donors (Lipinski definition) is 1. The molecule has 1 fully saturated rings. The number of phenolic OH excluding ortho intramolecular Hbond substituents is 1. The van der Waals surface area contributed by atoms with Crippen LogP contribution < -0.4 is 4.90 Å². The highest BCUT2D eigenvalue weighted by Crippen LogP contribution is 2.53. The average Bonchev–Trinajstić information content (AvgIpc) is 2.84. The molecule has 136 valence electrons. The Morgan fingerprint density at radius 1 is 1.04 bits per heavy atom. The molecule has 2 aliphatic rings. The van der Waals surface area contributed by atoms with E-state index in [0.29, 0.717) is 5.69 Å². The minimum atomic E-state index is -0.796. The maximum absolute atomic E-state index is 13.9. The van der Waals surface area contributed by atoms with Crippen LogP contribution in [0.15, 0.2) is 42.5 Å². The molecule has 1 aliphatic heterocycles. The molecule has 1 saturated carbocycles. The van der Waals surface area contributed by atoms with E-state index < -0.39 is 5.41 Å². The summed E-state index contributed by atoms with van der Waals surface area (Å²) < 4.78 is 13.9. The lowest BCUT2D eigenvalue weighted by atomic mass is 9.64. The van der Waals surface area contributed by atoms with Gasteiger partial charge in [0, 0.05) is 7.05 Å². The van der Waals surface area contributed by atoms with Crippen molar-refractivity contribution in [3.8, 4) is 5.75 Å². The number of halogens is 1. The van der Waals surface area contributed by atoms with Gasteiger partial charge in [0.25, 0.3) is 0 Å². The van der Waals surface area contributed by atoms with Crippen LogP contribution in [0.1, 0.15) is 49.7 Å². The summed E-state index contributed by atoms with van der Waals surface area (Å²) in [5, 5.41) is 9.74. The molecule has 0 bridgehead atoms. The molecular weight excluding hydrogens is 329 g/mol. The van der Waals surface area contributed by atoms with Gasteiger partial charge in [0.2, 0.25) is 5.91 Å². The number of anilines is 1. The predicted molar refractivity (Wildman–Crippen MR) is 99.9 cm³/mol. The van der Waals surface area contributed by atoms with Gasteiger partial charge >= 0.3 is 0 Å². The van der Waals surface area contributed by atoms with Crippen molar-refractivity contribution in [1.82, 2.24) is 0 Å². The maximum Gasteiger partial charge on any atom is 0.242 e. The van der Waals surface area contributed by atoms with Crippen LogP contribution in [-0.2, 0) is 10.2 Å². The van der Waals surface area contributed by atoms with E-state index in [9.17, 15) is 14.3 Å². The van der Waals surface area contributed by atoms with Crippen molar-refractivity contribution in [3.05, 3.63) is 59.4 Å². The third-order valence-corrected chi connectivity index (χ3v) is 6.18. The summed E-state index contributed by atoms with van der Waals surface area (Å²) in [7, 11) is 1.74. The molecule has 1 atom stereocenters. The van der Waals surface area contributed by atoms with Gasteiger partial charge in [0.1, 0.15) is 17.0 Å². The molecule has 2 aromatic carbocycles. The van der Waals surface area contributed by atoms with E-state index in [0.717, 1.165) is 36.8 Å². The highest BCUT2D eigenvalue weighted by Gasteiger charge is 2.55. The van der Waals surface area contributed by atoms with Crippen molar-refractivity contribution in [3.63, 3.8) is 0 Å². The number of likely N-dealkylation sites (N-methyl/N-ethyl adjacent to an activating group) is 1. The van der Waals surface area contributed by atoms with Crippen molar-refractivity contribution in [2.24, 2.45) is 5.92 Å². The van der Waals surface area contributed by atoms with Crippen LogP contribution in [0, 0.1) is 11.7 Å². The molecule has 0 spiro atoms. The van der Waals surface area contributed by atoms with E-state index in [1.54, 1.807) is 30.1 Å². The van der Waals surface area contributed by atoms with Gasteiger partial charge in [-0.3, -0.25) is 4.79 Å². The first-order valence-corrected chi connectivity index (χ1v) is 9.43. The SMILES string of the molecule is CN1C(=O)C(c2ccc(O)cc2)(C2CCCCCC2)c2ccc(F)cc21. The molecule has 1 amide bonds. The van der Waals surface area contributed by atoms with E-state index in [2.05, 4.69) is 0 Å². The Morgan fingerprint density at radius 2 is 1.69 bits per heavy atom. The van der Waals surface area contributed by atoms with Gasteiger partial charge in [-0.2, -0.15) is 0 Å². The van der Waals surface area contributed by atoms with E-state index in [-0.39, 0.29) is 23.4 Å². The van der Waals surface area contributed by atoms with E-state index in [1.807, 2.05) is 12.1 Å². The smallest absolute Gasteiger partial charge is 0.242 e. The Morgan fingerprint density at radius 3 is 2.35 bits per heavy atom. The largest absolute Gasteiger partial charge is 0.508 e. The van der Waals surface area contributed by atoms with Gasteiger partial charge < -0.3 is 10.0 Å². The summed E-state index contributed by atoms with van der Waals surface area (Å²) in [4.78, 5) is 15.2. The Hall–Kier alpha value is -2.36. The van der Waals surface area contributed by atoms with Gasteiger partial charge in [-0.05, 0) is 54.2 Å². The normalized spacial score (nSPS) is 23.8. The van der Waals surface area contributed by atoms with Gasteiger partial charge in [-0.15, -0.1) is 0 Å². The lowest BCUT2D eigenvalue weighted by Crippen LogP contribution is -2.45. The van der Waals surface area contributed by atoms with Crippen LogP contribution in [0.3, 0.4) is 0 Å². The molecule has 0 saturated heterocycles. The van der Waals surface area contributed by atoms with Crippen LogP contribution in [0.5, 0.6) is 5.75 Å². The number of hydrogen-bond acceptors (Lipinski definition) is 2. The third-order valence-electron chi connectivity index (χ3n) is 6.18. The first-order valence-electron chi connectivity index (χ1n) is 9.43. The van der Waals surface area contributed by atoms with Crippen molar-refractivity contribution >= 4 is 11.6 Å². The zero-order valence-corrected chi connectivity index (χ0v) is 15.0. The molecular formula is C22H24FNO2. The molecule has 4 rings (SSSR count). The fraction of sp³-hybridized carbons (Fsp3) is 0.409. The number of benzene rings is 2. The molecule has 1 N–H and O–H groups in total. The number of aromatic hydroxyl groups is 1. The fourth-order valence-corrected chi connectivity index (χ4v) is 4.95. The topological polar surface area (TPSA) is 40.5 Å². The molecule has 2 aromatic rings. The summed E-state index contributed by atoms with van der Waals surface area (Å²) in [5.41, 5.74) is 1.65. The second-order valence-electron chi connectivity index (χ2n) is 7.57. The number of fused-ring (bicyclic) bond motifs is 1. The summed E-state index contributed by atoms with van der Waals surface area (Å²) in [6, 6.07) is 11.7. The Balaban J connectivity index is 1.97. The number of nitrogens with zero attached hydrogens (tertiary/aromatic N) is 1. The maximum atomic E-state index is 13.9. The van der Waals surface area contributed by atoms with Gasteiger partial charge in [0.05, 0.1) is 5.69 Å². The second kappa shape index (κ2) is 6.42. The van der Waals surface area contributed by atoms with E-state index in [4.69, 9.17) is 0 Å². The highest BCUT2D eigenvalue weighted by atomic mass is 19.1. The Bertz CT molecular complexity index is 825. The molecule has 0 radical (unpaired) electrons. The van der Waals surface area contributed by atoms with Crippen molar-refractivity contribution in [2.75, 3.05) is 11.9 Å². The molecule has 26 heavy (non-hydrogen) atoms. The molecule has 1 unspecified atom stereocenters. The number of carbonyl (C=O) groups excluding carboxylic acids is 1. The average molecular weight is 353 g/mol. The monoisotopic (exact) mass is 353 g/mol. The summed E-state index contributed by atoms with van der Waals surface area (Å²) >= 11 is 0. The lowest BCUT2D eigenvalue weighted by Gasteiger charge is -2.37. The lowest BCUT2D eigenvalue weighted by molar-refractivity contribution is -0.123. The summed E-state index contributed by atoms with van der Waals surface area (Å²) in [5.74, 6) is 0.0422. The second-order valence-corrected chi connectivity index (χ2v) is 7.57. The van der Waals surface area contributed by atoms with Crippen LogP contribution in [0.4, 0.5) is 10.1 Å². The minimum absolute atomic E-state index is 0.00990. The molecule has 4 heteroatoms. The zero-order chi connectivity index (χ0) is 18.3.